The van der Waals surface area contributed by atoms with Gasteiger partial charge in [0.15, 0.2) is 5.96 Å². The number of nitrogens with zero attached hydrogens (tertiary/aromatic N) is 4. The second kappa shape index (κ2) is 12.2. The molecule has 1 heterocycles. The van der Waals surface area contributed by atoms with Crippen molar-refractivity contribution >= 4 is 35.8 Å². The van der Waals surface area contributed by atoms with Crippen LogP contribution in [0.5, 0.6) is 0 Å². The van der Waals surface area contributed by atoms with Crippen LogP contribution in [0.1, 0.15) is 24.6 Å². The minimum Gasteiger partial charge on any atom is -0.383 e. The molecule has 1 aromatic heterocycles. The van der Waals surface area contributed by atoms with Gasteiger partial charge in [-0.15, -0.1) is 24.0 Å². The highest BCUT2D eigenvalue weighted by molar-refractivity contribution is 14.0. The van der Waals surface area contributed by atoms with Crippen LogP contribution < -0.4 is 16.4 Å². The zero-order chi connectivity index (χ0) is 20.5. The fourth-order valence-corrected chi connectivity index (χ4v) is 2.74. The molecule has 2 aromatic rings. The number of anilines is 1. The molecule has 0 saturated carbocycles. The summed E-state index contributed by atoms with van der Waals surface area (Å²) in [5, 5.41) is 20.3. The lowest BCUT2D eigenvalue weighted by Crippen LogP contribution is -2.44. The number of nitrogens with two attached hydrogens (primary N) is 1. The molecule has 158 valence electrons. The second-order valence-corrected chi connectivity index (χ2v) is 6.31. The lowest BCUT2D eigenvalue weighted by Gasteiger charge is -2.17. The van der Waals surface area contributed by atoms with E-state index in [4.69, 9.17) is 10.5 Å². The van der Waals surface area contributed by atoms with Gasteiger partial charge in [-0.3, -0.25) is 4.99 Å². The number of methoxy groups -OCH3 is 1. The molecule has 0 spiro atoms. The number of ether oxygens (including phenoxy) is 1. The number of hydrogen-bond acceptors (Lipinski definition) is 5. The first kappa shape index (κ1) is 24.6. The third-order valence-corrected chi connectivity index (χ3v) is 4.08. The summed E-state index contributed by atoms with van der Waals surface area (Å²) in [7, 11) is 3.35. The van der Waals surface area contributed by atoms with E-state index in [0.717, 1.165) is 6.42 Å². The first-order valence-electron chi connectivity index (χ1n) is 8.99. The van der Waals surface area contributed by atoms with Gasteiger partial charge in [-0.2, -0.15) is 10.4 Å². The minimum absolute atomic E-state index is 0. The zero-order valence-electron chi connectivity index (χ0n) is 16.8. The van der Waals surface area contributed by atoms with Crippen molar-refractivity contribution in [1.29, 1.82) is 5.26 Å². The average Bonchev–Trinajstić information content (AvgIpc) is 3.00. The normalized spacial score (nSPS) is 12.0. The topological polar surface area (TPSA) is 113 Å². The van der Waals surface area contributed by atoms with Gasteiger partial charge in [-0.05, 0) is 44.0 Å². The van der Waals surface area contributed by atoms with Gasteiger partial charge in [-0.25, -0.2) is 9.07 Å². The number of rotatable bonds is 8. The third-order valence-electron chi connectivity index (χ3n) is 4.08. The van der Waals surface area contributed by atoms with E-state index in [1.807, 2.05) is 6.92 Å². The molecule has 8 nitrogen and oxygen atoms in total. The highest BCUT2D eigenvalue weighted by Gasteiger charge is 2.16. The van der Waals surface area contributed by atoms with Crippen LogP contribution in [-0.4, -0.2) is 49.1 Å². The number of benzene rings is 1. The van der Waals surface area contributed by atoms with E-state index in [0.29, 0.717) is 42.5 Å². The molecule has 0 fully saturated rings. The number of halogens is 2. The van der Waals surface area contributed by atoms with E-state index in [-0.39, 0.29) is 41.7 Å². The van der Waals surface area contributed by atoms with Crippen LogP contribution in [0.3, 0.4) is 0 Å². The molecule has 2 rings (SSSR count). The number of aromatic nitrogens is 2. The molecule has 0 aliphatic heterocycles. The van der Waals surface area contributed by atoms with Crippen molar-refractivity contribution in [2.75, 3.05) is 33.0 Å². The highest BCUT2D eigenvalue weighted by atomic mass is 127. The third kappa shape index (κ3) is 6.86. The monoisotopic (exact) mass is 515 g/mol. The summed E-state index contributed by atoms with van der Waals surface area (Å²) in [6, 6.07) is 8.05. The maximum Gasteiger partial charge on any atom is 0.191 e. The smallest absolute Gasteiger partial charge is 0.191 e. The van der Waals surface area contributed by atoms with E-state index in [1.54, 1.807) is 26.3 Å². The van der Waals surface area contributed by atoms with Gasteiger partial charge in [0.25, 0.3) is 0 Å². The van der Waals surface area contributed by atoms with Gasteiger partial charge < -0.3 is 21.1 Å². The van der Waals surface area contributed by atoms with Gasteiger partial charge in [0.05, 0.1) is 18.0 Å². The fourth-order valence-electron chi connectivity index (χ4n) is 2.74. The van der Waals surface area contributed by atoms with Crippen LogP contribution in [0.25, 0.3) is 5.69 Å². The molecule has 0 radical (unpaired) electrons. The Balaban J connectivity index is 0.00000420. The predicted molar refractivity (Wildman–Crippen MR) is 122 cm³/mol. The van der Waals surface area contributed by atoms with Crippen molar-refractivity contribution in [3.63, 3.8) is 0 Å². The predicted octanol–water partition coefficient (Wildman–Crippen LogP) is 2.22. The number of nitrogens with one attached hydrogen (secondary N) is 2. The molecule has 0 saturated heterocycles. The molecule has 0 amide bonds. The van der Waals surface area contributed by atoms with Crippen LogP contribution in [-0.2, 0) is 11.2 Å². The van der Waals surface area contributed by atoms with Gasteiger partial charge in [0.1, 0.15) is 23.3 Å². The molecule has 1 aromatic carbocycles. The van der Waals surface area contributed by atoms with Crippen molar-refractivity contribution in [3.8, 4) is 11.8 Å². The first-order valence-corrected chi connectivity index (χ1v) is 8.99. The molecule has 1 unspecified atom stereocenters. The van der Waals surface area contributed by atoms with Crippen molar-refractivity contribution in [1.82, 2.24) is 20.4 Å². The van der Waals surface area contributed by atoms with Crippen molar-refractivity contribution in [2.45, 2.75) is 25.8 Å². The quantitative estimate of drug-likeness (QED) is 0.215. The van der Waals surface area contributed by atoms with Gasteiger partial charge in [0.2, 0.25) is 0 Å². The fraction of sp³-hybridized carbons (Fsp3) is 0.421. The summed E-state index contributed by atoms with van der Waals surface area (Å²) in [6.07, 6.45) is 1.30. The Morgan fingerprint density at radius 1 is 1.41 bits per heavy atom. The van der Waals surface area contributed by atoms with Crippen LogP contribution in [0.2, 0.25) is 0 Å². The maximum absolute atomic E-state index is 13.1. The number of aryl methyl sites for hydroxylation is 1. The molecule has 0 aliphatic rings. The Morgan fingerprint density at radius 2 is 2.10 bits per heavy atom. The summed E-state index contributed by atoms with van der Waals surface area (Å²) >= 11 is 0. The number of nitriles is 1. The van der Waals surface area contributed by atoms with Crippen LogP contribution in [0.15, 0.2) is 29.3 Å². The van der Waals surface area contributed by atoms with Crippen molar-refractivity contribution in [3.05, 3.63) is 41.3 Å². The Labute approximate surface area is 187 Å². The molecule has 29 heavy (non-hydrogen) atoms. The Kier molecular flexibility index (Phi) is 10.4. The SMILES string of the molecule is CN=C(NCCCc1nn(-c2ccc(F)cc2)c(N)c1C#N)NC(C)COC.I. The van der Waals surface area contributed by atoms with Crippen LogP contribution in [0.4, 0.5) is 10.2 Å². The molecule has 0 bridgehead atoms. The van der Waals surface area contributed by atoms with E-state index in [2.05, 4.69) is 26.8 Å². The van der Waals surface area contributed by atoms with Crippen molar-refractivity contribution < 1.29 is 9.13 Å². The van der Waals surface area contributed by atoms with Gasteiger partial charge in [0, 0.05) is 26.7 Å². The van der Waals surface area contributed by atoms with E-state index < -0.39 is 0 Å². The Bertz CT molecular complexity index is 845. The Hall–Kier alpha value is -2.39. The molecule has 4 N–H and O–H groups in total. The number of guanidine groups is 1. The maximum atomic E-state index is 13.1. The van der Waals surface area contributed by atoms with E-state index in [1.165, 1.54) is 16.8 Å². The summed E-state index contributed by atoms with van der Waals surface area (Å²) in [5.74, 6) is 0.590. The molecular weight excluding hydrogens is 488 g/mol. The molecule has 10 heteroatoms. The number of aliphatic imine (C=N–C) groups is 1. The summed E-state index contributed by atoms with van der Waals surface area (Å²) in [4.78, 5) is 4.17. The largest absolute Gasteiger partial charge is 0.383 e. The number of hydrogen-bond donors (Lipinski definition) is 3. The summed E-state index contributed by atoms with van der Waals surface area (Å²) in [5.41, 5.74) is 7.64. The standard InChI is InChI=1S/C19H26FN7O.HI/c1-13(12-28-3)25-19(23-2)24-10-4-5-17-16(11-21)18(22)27(26-17)15-8-6-14(20)7-9-15;/h6-9,13H,4-5,10,12,22H2,1-3H3,(H2,23,24,25);1H. The minimum atomic E-state index is -0.344. The summed E-state index contributed by atoms with van der Waals surface area (Å²) in [6.45, 7) is 3.22. The van der Waals surface area contributed by atoms with E-state index in [9.17, 15) is 9.65 Å². The van der Waals surface area contributed by atoms with Crippen molar-refractivity contribution in [2.24, 2.45) is 4.99 Å². The van der Waals surface area contributed by atoms with Gasteiger partial charge >= 0.3 is 0 Å². The molecule has 0 aliphatic carbocycles. The average molecular weight is 515 g/mol. The Morgan fingerprint density at radius 3 is 2.69 bits per heavy atom. The van der Waals surface area contributed by atoms with Crippen LogP contribution >= 0.6 is 24.0 Å². The van der Waals surface area contributed by atoms with Gasteiger partial charge in [-0.1, -0.05) is 0 Å². The van der Waals surface area contributed by atoms with E-state index >= 15 is 0 Å². The summed E-state index contributed by atoms with van der Waals surface area (Å²) < 4.78 is 19.7. The first-order chi connectivity index (χ1) is 13.5. The second-order valence-electron chi connectivity index (χ2n) is 6.31. The molecular formula is C19H27FIN7O. The van der Waals surface area contributed by atoms with Crippen LogP contribution in [0, 0.1) is 17.1 Å². The zero-order valence-corrected chi connectivity index (χ0v) is 19.1. The number of nitrogen functional groups attached to an aromatic ring is 1. The lowest BCUT2D eigenvalue weighted by atomic mass is 10.1. The lowest BCUT2D eigenvalue weighted by molar-refractivity contribution is 0.179. The highest BCUT2D eigenvalue weighted by Crippen LogP contribution is 2.21. The molecule has 1 atom stereocenters.